The minimum atomic E-state index is 0.309. The lowest BCUT2D eigenvalue weighted by molar-refractivity contribution is -0.149. The van der Waals surface area contributed by atoms with Crippen LogP contribution in [-0.4, -0.2) is 42.6 Å². The third kappa shape index (κ3) is 4.18. The van der Waals surface area contributed by atoms with E-state index in [1.54, 1.807) is 0 Å². The molecule has 1 heterocycles. The van der Waals surface area contributed by atoms with Gasteiger partial charge in [0.1, 0.15) is 0 Å². The van der Waals surface area contributed by atoms with Gasteiger partial charge in [-0.25, -0.2) is 0 Å². The number of hydrogen-bond donors (Lipinski definition) is 1. The molecule has 4 heteroatoms. The van der Waals surface area contributed by atoms with E-state index in [2.05, 4.69) is 4.90 Å². The fraction of sp³-hybridized carbons (Fsp3) is 0.933. The number of hydrogen-bond acceptors (Lipinski definition) is 3. The second-order valence-electron chi connectivity index (χ2n) is 5.80. The molecule has 2 aliphatic rings. The molecule has 0 spiro atoms. The predicted molar refractivity (Wildman–Crippen MR) is 75.8 cm³/mol. The van der Waals surface area contributed by atoms with Gasteiger partial charge in [0.15, 0.2) is 0 Å². The number of carbonyl (C=O) groups is 1. The van der Waals surface area contributed by atoms with Crippen LogP contribution in [0.4, 0.5) is 0 Å². The molecule has 1 saturated heterocycles. The Morgan fingerprint density at radius 3 is 2.79 bits per heavy atom. The van der Waals surface area contributed by atoms with E-state index in [0.29, 0.717) is 24.5 Å². The van der Waals surface area contributed by atoms with E-state index < -0.39 is 0 Å². The predicted octanol–water partition coefficient (Wildman–Crippen LogP) is 2.07. The van der Waals surface area contributed by atoms with Crippen molar-refractivity contribution < 1.29 is 9.53 Å². The van der Waals surface area contributed by atoms with Crippen LogP contribution in [-0.2, 0) is 9.53 Å². The third-order valence-corrected chi connectivity index (χ3v) is 4.40. The molecule has 19 heavy (non-hydrogen) atoms. The largest absolute Gasteiger partial charge is 0.374 e. The summed E-state index contributed by atoms with van der Waals surface area (Å²) in [5.41, 5.74) is 5.47. The van der Waals surface area contributed by atoms with Crippen LogP contribution in [0.15, 0.2) is 0 Å². The number of rotatable bonds is 6. The van der Waals surface area contributed by atoms with E-state index >= 15 is 0 Å². The lowest BCUT2D eigenvalue weighted by Crippen LogP contribution is -2.54. The van der Waals surface area contributed by atoms with Crippen LogP contribution in [0.3, 0.4) is 0 Å². The van der Waals surface area contributed by atoms with E-state index in [4.69, 9.17) is 10.5 Å². The first-order valence-corrected chi connectivity index (χ1v) is 7.94. The zero-order chi connectivity index (χ0) is 13.5. The average molecular weight is 268 g/mol. The molecule has 2 N–H and O–H groups in total. The first-order chi connectivity index (χ1) is 9.33. The Bertz CT molecular complexity index is 281. The zero-order valence-electron chi connectivity index (χ0n) is 12.0. The second-order valence-corrected chi connectivity index (χ2v) is 5.80. The maximum absolute atomic E-state index is 12.3. The molecule has 1 aliphatic heterocycles. The maximum atomic E-state index is 12.3. The summed E-state index contributed by atoms with van der Waals surface area (Å²) in [5, 5.41) is 0. The number of unbranched alkanes of at least 4 members (excludes halogenated alkanes) is 3. The Kier molecular flexibility index (Phi) is 6.11. The Morgan fingerprint density at radius 1 is 1.16 bits per heavy atom. The van der Waals surface area contributed by atoms with Gasteiger partial charge in [-0.15, -0.1) is 0 Å². The summed E-state index contributed by atoms with van der Waals surface area (Å²) in [4.78, 5) is 14.4. The highest BCUT2D eigenvalue weighted by atomic mass is 16.5. The van der Waals surface area contributed by atoms with Crippen LogP contribution in [0, 0.1) is 0 Å². The van der Waals surface area contributed by atoms with Crippen LogP contribution in [0.5, 0.6) is 0 Å². The molecule has 1 aliphatic carbocycles. The van der Waals surface area contributed by atoms with Gasteiger partial charge in [0.2, 0.25) is 5.91 Å². The SMILES string of the molecule is NCCCCCCC(=O)N1CCOC2CCCCC21. The Labute approximate surface area is 116 Å². The molecule has 2 unspecified atom stereocenters. The van der Waals surface area contributed by atoms with Crippen LogP contribution in [0.2, 0.25) is 0 Å². The lowest BCUT2D eigenvalue weighted by Gasteiger charge is -2.43. The summed E-state index contributed by atoms with van der Waals surface area (Å²) in [6, 6.07) is 0.360. The third-order valence-electron chi connectivity index (χ3n) is 4.40. The number of fused-ring (bicyclic) bond motifs is 1. The molecule has 0 aromatic carbocycles. The summed E-state index contributed by atoms with van der Waals surface area (Å²) in [7, 11) is 0. The zero-order valence-corrected chi connectivity index (χ0v) is 12.0. The molecule has 2 fully saturated rings. The molecule has 2 atom stereocenters. The fourth-order valence-corrected chi connectivity index (χ4v) is 3.32. The number of amides is 1. The van der Waals surface area contributed by atoms with Gasteiger partial charge >= 0.3 is 0 Å². The summed E-state index contributed by atoms with van der Waals surface area (Å²) >= 11 is 0. The highest BCUT2D eigenvalue weighted by molar-refractivity contribution is 5.76. The highest BCUT2D eigenvalue weighted by Gasteiger charge is 2.36. The van der Waals surface area contributed by atoms with E-state index in [1.165, 1.54) is 12.8 Å². The molecule has 0 aromatic heterocycles. The van der Waals surface area contributed by atoms with Gasteiger partial charge in [-0.05, 0) is 32.2 Å². The van der Waals surface area contributed by atoms with Crippen molar-refractivity contribution in [2.75, 3.05) is 19.7 Å². The lowest BCUT2D eigenvalue weighted by atomic mass is 9.90. The number of nitrogens with two attached hydrogens (primary N) is 1. The molecule has 1 amide bonds. The molecule has 1 saturated carbocycles. The van der Waals surface area contributed by atoms with Gasteiger partial charge in [0.05, 0.1) is 18.8 Å². The Hall–Kier alpha value is -0.610. The summed E-state index contributed by atoms with van der Waals surface area (Å²) < 4.78 is 5.81. The normalized spacial score (nSPS) is 27.1. The smallest absolute Gasteiger partial charge is 0.222 e. The van der Waals surface area contributed by atoms with Gasteiger partial charge in [0, 0.05) is 13.0 Å². The monoisotopic (exact) mass is 268 g/mol. The standard InChI is InChI=1S/C15H28N2O2/c16-10-6-2-1-3-9-15(18)17-11-12-19-14-8-5-4-7-13(14)17/h13-14H,1-12,16H2. The molecule has 0 radical (unpaired) electrons. The second kappa shape index (κ2) is 7.85. The Morgan fingerprint density at radius 2 is 1.95 bits per heavy atom. The highest BCUT2D eigenvalue weighted by Crippen LogP contribution is 2.29. The molecule has 2 rings (SSSR count). The van der Waals surface area contributed by atoms with Crippen molar-refractivity contribution >= 4 is 5.91 Å². The van der Waals surface area contributed by atoms with E-state index in [1.807, 2.05) is 0 Å². The minimum absolute atomic E-state index is 0.309. The average Bonchev–Trinajstić information content (AvgIpc) is 2.46. The molecule has 110 valence electrons. The van der Waals surface area contributed by atoms with Gasteiger partial charge in [-0.3, -0.25) is 4.79 Å². The van der Waals surface area contributed by atoms with E-state index in [-0.39, 0.29) is 0 Å². The maximum Gasteiger partial charge on any atom is 0.222 e. The van der Waals surface area contributed by atoms with Crippen molar-refractivity contribution in [3.05, 3.63) is 0 Å². The summed E-state index contributed by atoms with van der Waals surface area (Å²) in [6.45, 7) is 2.28. The summed E-state index contributed by atoms with van der Waals surface area (Å²) in [5.74, 6) is 0.341. The molecular weight excluding hydrogens is 240 g/mol. The van der Waals surface area contributed by atoms with Gasteiger partial charge in [0.25, 0.3) is 0 Å². The topological polar surface area (TPSA) is 55.6 Å². The van der Waals surface area contributed by atoms with Crippen LogP contribution < -0.4 is 5.73 Å². The summed E-state index contributed by atoms with van der Waals surface area (Å²) in [6.07, 6.45) is 10.1. The van der Waals surface area contributed by atoms with Crippen molar-refractivity contribution in [1.82, 2.24) is 4.90 Å². The number of carbonyl (C=O) groups excluding carboxylic acids is 1. The number of nitrogens with zero attached hydrogens (tertiary/aromatic N) is 1. The number of ether oxygens (including phenoxy) is 1. The molecular formula is C15H28N2O2. The van der Waals surface area contributed by atoms with E-state index in [0.717, 1.165) is 58.2 Å². The van der Waals surface area contributed by atoms with Gasteiger partial charge in [-0.1, -0.05) is 25.7 Å². The van der Waals surface area contributed by atoms with Crippen LogP contribution in [0.25, 0.3) is 0 Å². The van der Waals surface area contributed by atoms with Crippen molar-refractivity contribution in [3.63, 3.8) is 0 Å². The van der Waals surface area contributed by atoms with Crippen LogP contribution in [0.1, 0.15) is 57.8 Å². The van der Waals surface area contributed by atoms with Gasteiger partial charge in [-0.2, -0.15) is 0 Å². The van der Waals surface area contributed by atoms with Crippen molar-refractivity contribution in [2.24, 2.45) is 5.73 Å². The first-order valence-electron chi connectivity index (χ1n) is 7.94. The first kappa shape index (κ1) is 14.8. The van der Waals surface area contributed by atoms with Crippen molar-refractivity contribution in [1.29, 1.82) is 0 Å². The van der Waals surface area contributed by atoms with Crippen molar-refractivity contribution in [2.45, 2.75) is 69.9 Å². The molecule has 0 aromatic rings. The van der Waals surface area contributed by atoms with Crippen molar-refractivity contribution in [3.8, 4) is 0 Å². The fourth-order valence-electron chi connectivity index (χ4n) is 3.32. The Balaban J connectivity index is 1.74. The van der Waals surface area contributed by atoms with Crippen LogP contribution >= 0.6 is 0 Å². The molecule has 4 nitrogen and oxygen atoms in total. The number of morpholine rings is 1. The minimum Gasteiger partial charge on any atom is -0.374 e. The van der Waals surface area contributed by atoms with E-state index in [9.17, 15) is 4.79 Å². The van der Waals surface area contributed by atoms with Gasteiger partial charge < -0.3 is 15.4 Å². The molecule has 0 bridgehead atoms. The quantitative estimate of drug-likeness (QED) is 0.750.